The zero-order valence-corrected chi connectivity index (χ0v) is 14.3. The Morgan fingerprint density at radius 1 is 1.26 bits per heavy atom. The summed E-state index contributed by atoms with van der Waals surface area (Å²) in [5, 5.41) is 0. The molecule has 126 valence electrons. The van der Waals surface area contributed by atoms with E-state index in [1.807, 2.05) is 12.1 Å². The fourth-order valence-corrected chi connectivity index (χ4v) is 3.48. The summed E-state index contributed by atoms with van der Waals surface area (Å²) >= 11 is 0. The van der Waals surface area contributed by atoms with Gasteiger partial charge in [-0.3, -0.25) is 9.69 Å². The molecular formula is C19H28N2O2. The Morgan fingerprint density at radius 3 is 2.57 bits per heavy atom. The third-order valence-corrected chi connectivity index (χ3v) is 5.09. The van der Waals surface area contributed by atoms with Crippen LogP contribution in [0.25, 0.3) is 0 Å². The van der Waals surface area contributed by atoms with Crippen LogP contribution in [0.15, 0.2) is 24.3 Å². The molecule has 1 aliphatic heterocycles. The van der Waals surface area contributed by atoms with Crippen LogP contribution in [0.1, 0.15) is 44.6 Å². The van der Waals surface area contributed by atoms with E-state index in [-0.39, 0.29) is 0 Å². The molecule has 1 saturated carbocycles. The van der Waals surface area contributed by atoms with Gasteiger partial charge in [0.1, 0.15) is 5.75 Å². The lowest BCUT2D eigenvalue weighted by molar-refractivity contribution is -0.132. The summed E-state index contributed by atoms with van der Waals surface area (Å²) in [6.45, 7) is 4.92. The Kier molecular flexibility index (Phi) is 5.21. The third-order valence-electron chi connectivity index (χ3n) is 5.09. The summed E-state index contributed by atoms with van der Waals surface area (Å²) in [5.74, 6) is 1.22. The highest BCUT2D eigenvalue weighted by Gasteiger charge is 2.30. The van der Waals surface area contributed by atoms with Crippen LogP contribution in [-0.4, -0.2) is 48.0 Å². The zero-order chi connectivity index (χ0) is 16.2. The Bertz CT molecular complexity index is 525. The maximum absolute atomic E-state index is 12.4. The van der Waals surface area contributed by atoms with Gasteiger partial charge in [-0.2, -0.15) is 0 Å². The Balaban J connectivity index is 1.53. The number of carbonyl (C=O) groups is 1. The molecule has 2 aliphatic rings. The van der Waals surface area contributed by atoms with Crippen LogP contribution in [0.2, 0.25) is 0 Å². The molecule has 0 aromatic heterocycles. The fraction of sp³-hybridized carbons (Fsp3) is 0.632. The van der Waals surface area contributed by atoms with Gasteiger partial charge in [0.25, 0.3) is 0 Å². The molecule has 0 radical (unpaired) electrons. The molecule has 1 heterocycles. The Labute approximate surface area is 139 Å². The number of rotatable bonds is 7. The number of methoxy groups -OCH3 is 1. The summed E-state index contributed by atoms with van der Waals surface area (Å²) in [6, 6.07) is 9.37. The van der Waals surface area contributed by atoms with Crippen molar-refractivity contribution in [3.63, 3.8) is 0 Å². The van der Waals surface area contributed by atoms with Gasteiger partial charge < -0.3 is 9.64 Å². The summed E-state index contributed by atoms with van der Waals surface area (Å²) in [5.41, 5.74) is 1.29. The molecule has 1 aromatic carbocycles. The largest absolute Gasteiger partial charge is 0.497 e. The normalized spacial score (nSPS) is 21.0. The van der Waals surface area contributed by atoms with Crippen molar-refractivity contribution in [1.82, 2.24) is 9.80 Å². The first kappa shape index (κ1) is 16.3. The molecule has 1 amide bonds. The van der Waals surface area contributed by atoms with Crippen molar-refractivity contribution in [3.8, 4) is 5.75 Å². The second-order valence-electron chi connectivity index (χ2n) is 6.88. The molecule has 1 aliphatic carbocycles. The average Bonchev–Trinajstić information content (AvgIpc) is 3.33. The molecule has 0 bridgehead atoms. The third kappa shape index (κ3) is 4.25. The van der Waals surface area contributed by atoms with Crippen molar-refractivity contribution in [1.29, 1.82) is 0 Å². The van der Waals surface area contributed by atoms with Gasteiger partial charge in [-0.05, 0) is 50.3 Å². The highest BCUT2D eigenvalue weighted by molar-refractivity contribution is 5.77. The van der Waals surface area contributed by atoms with Gasteiger partial charge >= 0.3 is 0 Å². The van der Waals surface area contributed by atoms with Crippen LogP contribution < -0.4 is 4.74 Å². The maximum Gasteiger partial charge on any atom is 0.224 e. The quantitative estimate of drug-likeness (QED) is 0.775. The van der Waals surface area contributed by atoms with Crippen molar-refractivity contribution in [2.75, 3.05) is 20.2 Å². The second kappa shape index (κ2) is 7.35. The first-order chi connectivity index (χ1) is 11.2. The van der Waals surface area contributed by atoms with Crippen LogP contribution in [0.3, 0.4) is 0 Å². The molecule has 0 N–H and O–H groups in total. The molecule has 4 nitrogen and oxygen atoms in total. The van der Waals surface area contributed by atoms with Crippen molar-refractivity contribution >= 4 is 5.91 Å². The van der Waals surface area contributed by atoms with Crippen molar-refractivity contribution < 1.29 is 9.53 Å². The molecule has 23 heavy (non-hydrogen) atoms. The maximum atomic E-state index is 12.4. The average molecular weight is 316 g/mol. The second-order valence-corrected chi connectivity index (χ2v) is 6.88. The molecule has 0 spiro atoms. The number of nitrogens with zero attached hydrogens (tertiary/aromatic N) is 2. The molecule has 3 rings (SSSR count). The molecule has 0 unspecified atom stereocenters. The number of ether oxygens (including phenoxy) is 1. The predicted octanol–water partition coefficient (Wildman–Crippen LogP) is 3.06. The number of hydrogen-bond acceptors (Lipinski definition) is 3. The number of carbonyl (C=O) groups excluding carboxylic acids is 1. The van der Waals surface area contributed by atoms with E-state index in [0.717, 1.165) is 38.2 Å². The van der Waals surface area contributed by atoms with E-state index in [2.05, 4.69) is 28.9 Å². The van der Waals surface area contributed by atoms with Gasteiger partial charge in [-0.15, -0.1) is 0 Å². The first-order valence-electron chi connectivity index (χ1n) is 8.84. The van der Waals surface area contributed by atoms with Gasteiger partial charge in [-0.25, -0.2) is 0 Å². The lowest BCUT2D eigenvalue weighted by atomic mass is 10.2. The topological polar surface area (TPSA) is 32.8 Å². The van der Waals surface area contributed by atoms with E-state index in [4.69, 9.17) is 4.74 Å². The minimum Gasteiger partial charge on any atom is -0.497 e. The van der Waals surface area contributed by atoms with E-state index < -0.39 is 0 Å². The van der Waals surface area contributed by atoms with Crippen LogP contribution >= 0.6 is 0 Å². The van der Waals surface area contributed by atoms with E-state index in [0.29, 0.717) is 24.4 Å². The Hall–Kier alpha value is -1.55. The van der Waals surface area contributed by atoms with E-state index in [1.54, 1.807) is 7.11 Å². The van der Waals surface area contributed by atoms with Crippen LogP contribution in [0, 0.1) is 0 Å². The van der Waals surface area contributed by atoms with Crippen molar-refractivity contribution in [3.05, 3.63) is 29.8 Å². The minimum atomic E-state index is 0.329. The SMILES string of the molecule is COc1ccc(CN(CCC(=O)N2CCC[C@@H]2C)C2CC2)cc1. The number of likely N-dealkylation sites (tertiary alicyclic amines) is 1. The van der Waals surface area contributed by atoms with Crippen LogP contribution in [0.4, 0.5) is 0 Å². The number of amides is 1. The molecule has 1 atom stereocenters. The summed E-state index contributed by atoms with van der Waals surface area (Å²) in [4.78, 5) is 17.0. The van der Waals surface area contributed by atoms with E-state index in [9.17, 15) is 4.79 Å². The zero-order valence-electron chi connectivity index (χ0n) is 14.3. The lowest BCUT2D eigenvalue weighted by Gasteiger charge is -2.25. The molecule has 1 saturated heterocycles. The predicted molar refractivity (Wildman–Crippen MR) is 91.5 cm³/mol. The molecule has 2 fully saturated rings. The van der Waals surface area contributed by atoms with Gasteiger partial charge in [0, 0.05) is 38.1 Å². The van der Waals surface area contributed by atoms with Gasteiger partial charge in [0.15, 0.2) is 0 Å². The van der Waals surface area contributed by atoms with E-state index in [1.165, 1.54) is 18.4 Å². The summed E-state index contributed by atoms with van der Waals surface area (Å²) in [6.07, 6.45) is 5.50. The minimum absolute atomic E-state index is 0.329. The first-order valence-corrected chi connectivity index (χ1v) is 8.84. The van der Waals surface area contributed by atoms with Crippen LogP contribution in [-0.2, 0) is 11.3 Å². The van der Waals surface area contributed by atoms with Gasteiger partial charge in [-0.1, -0.05) is 12.1 Å². The standard InChI is InChI=1S/C19H28N2O2/c1-15-4-3-12-21(15)19(22)11-13-20(17-7-8-17)14-16-5-9-18(23-2)10-6-16/h5-6,9-10,15,17H,3-4,7-8,11-14H2,1-2H3/t15-/m0/s1. The van der Waals surface area contributed by atoms with Gasteiger partial charge in [0.05, 0.1) is 7.11 Å². The highest BCUT2D eigenvalue weighted by Crippen LogP contribution is 2.29. The van der Waals surface area contributed by atoms with Crippen LogP contribution in [0.5, 0.6) is 5.75 Å². The van der Waals surface area contributed by atoms with Crippen molar-refractivity contribution in [2.24, 2.45) is 0 Å². The summed E-state index contributed by atoms with van der Waals surface area (Å²) in [7, 11) is 1.69. The summed E-state index contributed by atoms with van der Waals surface area (Å²) < 4.78 is 5.22. The molecule has 4 heteroatoms. The monoisotopic (exact) mass is 316 g/mol. The smallest absolute Gasteiger partial charge is 0.224 e. The fourth-order valence-electron chi connectivity index (χ4n) is 3.48. The molecular weight excluding hydrogens is 288 g/mol. The lowest BCUT2D eigenvalue weighted by Crippen LogP contribution is -2.37. The Morgan fingerprint density at radius 2 is 2.00 bits per heavy atom. The van der Waals surface area contributed by atoms with Gasteiger partial charge in [0.2, 0.25) is 5.91 Å². The van der Waals surface area contributed by atoms with E-state index >= 15 is 0 Å². The number of benzene rings is 1. The number of hydrogen-bond donors (Lipinski definition) is 0. The highest BCUT2D eigenvalue weighted by atomic mass is 16.5. The van der Waals surface area contributed by atoms with Crippen molar-refractivity contribution in [2.45, 2.75) is 57.7 Å². The molecule has 1 aromatic rings.